The second-order valence-corrected chi connectivity index (χ2v) is 8.14. The molecule has 1 aromatic rings. The number of methoxy groups -OCH3 is 1. The van der Waals surface area contributed by atoms with Gasteiger partial charge in [-0.1, -0.05) is 18.2 Å². The summed E-state index contributed by atoms with van der Waals surface area (Å²) in [6.45, 7) is 3.79. The second kappa shape index (κ2) is 5.83. The number of hydrogen-bond acceptors (Lipinski definition) is 5. The van der Waals surface area contributed by atoms with E-state index in [1.54, 1.807) is 6.26 Å². The van der Waals surface area contributed by atoms with Gasteiger partial charge < -0.3 is 14.8 Å². The zero-order valence-corrected chi connectivity index (χ0v) is 15.6. The average Bonchev–Trinajstić information content (AvgIpc) is 3.20. The number of esters is 1. The van der Waals surface area contributed by atoms with Crippen molar-refractivity contribution in [2.24, 2.45) is 11.8 Å². The maximum atomic E-state index is 13.1. The SMILES string of the molecule is COC(=O)C1=CO[C@@H](C)[C@@H]2CN3CCC4(C(=O)Nc5ccccc54)[C@@H]3C[C@H]12. The van der Waals surface area contributed by atoms with E-state index in [1.807, 2.05) is 18.2 Å². The molecule has 0 aromatic heterocycles. The predicted octanol–water partition coefficient (Wildman–Crippen LogP) is 2.06. The molecule has 5 atom stereocenters. The van der Waals surface area contributed by atoms with Crippen LogP contribution in [0.15, 0.2) is 36.1 Å². The third-order valence-electron chi connectivity index (χ3n) is 7.14. The number of nitrogens with zero attached hydrogens (tertiary/aromatic N) is 1. The summed E-state index contributed by atoms with van der Waals surface area (Å²) >= 11 is 0. The van der Waals surface area contributed by atoms with Crippen molar-refractivity contribution in [3.05, 3.63) is 41.7 Å². The van der Waals surface area contributed by atoms with Crippen LogP contribution in [0.1, 0.15) is 25.3 Å². The van der Waals surface area contributed by atoms with Crippen LogP contribution < -0.4 is 5.32 Å². The van der Waals surface area contributed by atoms with Gasteiger partial charge in [0.1, 0.15) is 0 Å². The zero-order valence-electron chi connectivity index (χ0n) is 15.6. The van der Waals surface area contributed by atoms with Gasteiger partial charge in [-0.3, -0.25) is 9.69 Å². The monoisotopic (exact) mass is 368 g/mol. The van der Waals surface area contributed by atoms with Crippen molar-refractivity contribution in [3.63, 3.8) is 0 Å². The first-order chi connectivity index (χ1) is 13.1. The van der Waals surface area contributed by atoms with E-state index in [-0.39, 0.29) is 35.9 Å². The highest BCUT2D eigenvalue weighted by Gasteiger charge is 2.61. The molecule has 1 amide bonds. The van der Waals surface area contributed by atoms with Crippen molar-refractivity contribution in [1.29, 1.82) is 0 Å². The van der Waals surface area contributed by atoms with Crippen LogP contribution in [-0.2, 0) is 24.5 Å². The Bertz CT molecular complexity index is 850. The van der Waals surface area contributed by atoms with Crippen LogP contribution in [0, 0.1) is 11.8 Å². The molecule has 5 rings (SSSR count). The number of fused-ring (bicyclic) bond motifs is 5. The molecule has 1 spiro atoms. The first-order valence-corrected chi connectivity index (χ1v) is 9.65. The molecule has 4 aliphatic rings. The molecule has 4 aliphatic heterocycles. The lowest BCUT2D eigenvalue weighted by Crippen LogP contribution is -2.56. The van der Waals surface area contributed by atoms with E-state index in [1.165, 1.54) is 7.11 Å². The van der Waals surface area contributed by atoms with Gasteiger partial charge in [0.15, 0.2) is 0 Å². The van der Waals surface area contributed by atoms with Crippen molar-refractivity contribution in [1.82, 2.24) is 4.90 Å². The van der Waals surface area contributed by atoms with E-state index < -0.39 is 5.41 Å². The fourth-order valence-corrected chi connectivity index (χ4v) is 5.77. The third-order valence-corrected chi connectivity index (χ3v) is 7.14. The summed E-state index contributed by atoms with van der Waals surface area (Å²) in [7, 11) is 1.41. The van der Waals surface area contributed by atoms with Gasteiger partial charge in [-0.2, -0.15) is 0 Å². The molecule has 4 heterocycles. The number of carbonyl (C=O) groups is 2. The van der Waals surface area contributed by atoms with Crippen molar-refractivity contribution in [3.8, 4) is 0 Å². The van der Waals surface area contributed by atoms with E-state index in [0.29, 0.717) is 5.57 Å². The Morgan fingerprint density at radius 1 is 1.37 bits per heavy atom. The molecule has 0 radical (unpaired) electrons. The summed E-state index contributed by atoms with van der Waals surface area (Å²) < 4.78 is 10.8. The maximum Gasteiger partial charge on any atom is 0.337 e. The van der Waals surface area contributed by atoms with Gasteiger partial charge in [-0.05, 0) is 37.9 Å². The van der Waals surface area contributed by atoms with Crippen LogP contribution in [0.5, 0.6) is 0 Å². The number of rotatable bonds is 1. The Morgan fingerprint density at radius 3 is 3.00 bits per heavy atom. The van der Waals surface area contributed by atoms with E-state index >= 15 is 0 Å². The molecule has 1 aromatic carbocycles. The maximum absolute atomic E-state index is 13.1. The molecule has 0 bridgehead atoms. The summed E-state index contributed by atoms with van der Waals surface area (Å²) in [6, 6.07) is 8.10. The number of nitrogens with one attached hydrogen (secondary N) is 1. The van der Waals surface area contributed by atoms with Crippen molar-refractivity contribution >= 4 is 17.6 Å². The fourth-order valence-electron chi connectivity index (χ4n) is 5.77. The van der Waals surface area contributed by atoms with E-state index in [2.05, 4.69) is 23.2 Å². The van der Waals surface area contributed by atoms with Gasteiger partial charge in [0, 0.05) is 30.1 Å². The number of piperidine rings is 1. The summed E-state index contributed by atoms with van der Waals surface area (Å²) in [5, 5.41) is 3.09. The van der Waals surface area contributed by atoms with Crippen LogP contribution in [0.3, 0.4) is 0 Å². The highest BCUT2D eigenvalue weighted by molar-refractivity contribution is 6.07. The lowest BCUT2D eigenvalue weighted by molar-refractivity contribution is -0.139. The first kappa shape index (κ1) is 16.8. The quantitative estimate of drug-likeness (QED) is 0.769. The van der Waals surface area contributed by atoms with Crippen LogP contribution in [-0.4, -0.2) is 49.1 Å². The van der Waals surface area contributed by atoms with Gasteiger partial charge in [-0.25, -0.2) is 4.79 Å². The largest absolute Gasteiger partial charge is 0.497 e. The Hall–Kier alpha value is -2.34. The normalized spacial score (nSPS) is 37.0. The van der Waals surface area contributed by atoms with Gasteiger partial charge in [0.2, 0.25) is 5.91 Å². The number of anilines is 1. The first-order valence-electron chi connectivity index (χ1n) is 9.65. The Kier molecular flexibility index (Phi) is 3.63. The number of amides is 1. The Morgan fingerprint density at radius 2 is 2.19 bits per heavy atom. The number of para-hydroxylation sites is 1. The van der Waals surface area contributed by atoms with Crippen LogP contribution in [0.2, 0.25) is 0 Å². The summed E-state index contributed by atoms with van der Waals surface area (Å²) in [5.74, 6) is 0.0558. The molecule has 1 unspecified atom stereocenters. The van der Waals surface area contributed by atoms with Gasteiger partial charge in [0.05, 0.1) is 30.5 Å². The smallest absolute Gasteiger partial charge is 0.337 e. The lowest BCUT2D eigenvalue weighted by Gasteiger charge is -2.48. The molecular formula is C21H24N2O4. The second-order valence-electron chi connectivity index (χ2n) is 8.14. The molecule has 1 N–H and O–H groups in total. The Labute approximate surface area is 158 Å². The van der Waals surface area contributed by atoms with Crippen LogP contribution >= 0.6 is 0 Å². The molecule has 0 aliphatic carbocycles. The summed E-state index contributed by atoms with van der Waals surface area (Å²) in [4.78, 5) is 27.9. The van der Waals surface area contributed by atoms with E-state index in [9.17, 15) is 9.59 Å². The highest BCUT2D eigenvalue weighted by Crippen LogP contribution is 2.53. The molecule has 6 nitrogen and oxygen atoms in total. The standard InChI is InChI=1S/C21H24N2O4/c1-12-14-10-23-8-7-21(16-5-3-4-6-17(16)22-20(21)25)18(23)9-13(14)15(11-27-12)19(24)26-2/h3-6,11-14,18H,7-10H2,1-2H3,(H,22,25)/t12-,13-,14-,18-,21?/m0/s1. The van der Waals surface area contributed by atoms with Crippen molar-refractivity contribution in [2.75, 3.05) is 25.5 Å². The van der Waals surface area contributed by atoms with Crippen LogP contribution in [0.25, 0.3) is 0 Å². The number of ether oxygens (including phenoxy) is 2. The predicted molar refractivity (Wildman–Crippen MR) is 99.0 cm³/mol. The lowest BCUT2D eigenvalue weighted by atomic mass is 9.66. The van der Waals surface area contributed by atoms with Crippen molar-refractivity contribution in [2.45, 2.75) is 37.3 Å². The molecule has 27 heavy (non-hydrogen) atoms. The minimum absolute atomic E-state index is 0.0468. The van der Waals surface area contributed by atoms with Gasteiger partial charge in [0.25, 0.3) is 0 Å². The minimum atomic E-state index is -0.523. The molecule has 6 heteroatoms. The topological polar surface area (TPSA) is 67.9 Å². The van der Waals surface area contributed by atoms with Gasteiger partial charge >= 0.3 is 5.97 Å². The van der Waals surface area contributed by atoms with Gasteiger partial charge in [-0.15, -0.1) is 0 Å². The third kappa shape index (κ3) is 2.16. The molecule has 142 valence electrons. The minimum Gasteiger partial charge on any atom is -0.497 e. The van der Waals surface area contributed by atoms with Crippen LogP contribution in [0.4, 0.5) is 5.69 Å². The summed E-state index contributed by atoms with van der Waals surface area (Å²) in [6.07, 6.45) is 3.20. The Balaban J connectivity index is 1.55. The van der Waals surface area contributed by atoms with E-state index in [4.69, 9.17) is 9.47 Å². The number of hydrogen-bond donors (Lipinski definition) is 1. The molecule has 2 fully saturated rings. The molecule has 2 saturated heterocycles. The number of carbonyl (C=O) groups excluding carboxylic acids is 2. The number of benzene rings is 1. The fraction of sp³-hybridized carbons (Fsp3) is 0.524. The highest BCUT2D eigenvalue weighted by atomic mass is 16.5. The van der Waals surface area contributed by atoms with E-state index in [0.717, 1.165) is 37.2 Å². The molecule has 0 saturated carbocycles. The molecular weight excluding hydrogens is 344 g/mol. The average molecular weight is 368 g/mol. The van der Waals surface area contributed by atoms with Crippen molar-refractivity contribution < 1.29 is 19.1 Å². The zero-order chi connectivity index (χ0) is 18.8. The summed E-state index contributed by atoms with van der Waals surface area (Å²) in [5.41, 5.74) is 2.11.